The zero-order valence-electron chi connectivity index (χ0n) is 11.7. The molecule has 106 valence electrons. The van der Waals surface area contributed by atoms with Crippen molar-refractivity contribution >= 4 is 12.0 Å². The van der Waals surface area contributed by atoms with E-state index in [2.05, 4.69) is 23.9 Å². The molecule has 0 atom stereocenters. The number of benzene rings is 2. The lowest BCUT2D eigenvalue weighted by molar-refractivity contribution is -0.160. The summed E-state index contributed by atoms with van der Waals surface area (Å²) >= 11 is 1.17. The van der Waals surface area contributed by atoms with Crippen LogP contribution in [0.1, 0.15) is 18.9 Å². The van der Waals surface area contributed by atoms with E-state index in [-0.39, 0.29) is 0 Å². The van der Waals surface area contributed by atoms with Gasteiger partial charge in [0.15, 0.2) is 0 Å². The molecule has 0 spiro atoms. The van der Waals surface area contributed by atoms with Crippen molar-refractivity contribution in [2.24, 2.45) is 0 Å². The maximum atomic E-state index is 5.84. The molecule has 2 aromatic rings. The molecule has 0 saturated carbocycles. The van der Waals surface area contributed by atoms with Gasteiger partial charge in [0.2, 0.25) is 0 Å². The summed E-state index contributed by atoms with van der Waals surface area (Å²) in [5, 5.41) is 0. The lowest BCUT2D eigenvalue weighted by atomic mass is 10.1. The Morgan fingerprint density at radius 2 is 1.80 bits per heavy atom. The van der Waals surface area contributed by atoms with Crippen molar-refractivity contribution in [2.75, 3.05) is 7.11 Å². The third kappa shape index (κ3) is 4.56. The van der Waals surface area contributed by atoms with E-state index in [1.165, 1.54) is 24.7 Å². The normalized spacial score (nSPS) is 10.5. The molecule has 0 fully saturated rings. The quantitative estimate of drug-likeness (QED) is 0.407. The van der Waals surface area contributed by atoms with E-state index in [1.54, 1.807) is 0 Å². The average molecular weight is 290 g/mol. The summed E-state index contributed by atoms with van der Waals surface area (Å²) in [7, 11) is 1.48. The second kappa shape index (κ2) is 7.94. The Hall–Kier alpha value is -1.49. The van der Waals surface area contributed by atoms with E-state index in [1.807, 2.05) is 36.4 Å². The molecule has 0 N–H and O–H groups in total. The fourth-order valence-corrected chi connectivity index (χ4v) is 2.22. The molecule has 0 aliphatic rings. The number of ether oxygens (including phenoxy) is 1. The number of aryl methyl sites for hydroxylation is 1. The van der Waals surface area contributed by atoms with Gasteiger partial charge in [0.1, 0.15) is 11.5 Å². The third-order valence-corrected chi connectivity index (χ3v) is 3.36. The second-order valence-electron chi connectivity index (χ2n) is 4.29. The van der Waals surface area contributed by atoms with Crippen molar-refractivity contribution < 1.29 is 14.0 Å². The van der Waals surface area contributed by atoms with Crippen LogP contribution >= 0.6 is 12.0 Å². The molecule has 0 radical (unpaired) electrons. The lowest BCUT2D eigenvalue weighted by Crippen LogP contribution is -1.87. The molecule has 0 unspecified atom stereocenters. The van der Waals surface area contributed by atoms with Crippen LogP contribution in [-0.4, -0.2) is 7.11 Å². The summed E-state index contributed by atoms with van der Waals surface area (Å²) < 4.78 is 10.6. The molecule has 0 aromatic heterocycles. The summed E-state index contributed by atoms with van der Waals surface area (Å²) in [6.07, 6.45) is 2.20. The molecular weight excluding hydrogens is 272 g/mol. The molecule has 0 aliphatic heterocycles. The first kappa shape index (κ1) is 14.9. The fraction of sp³-hybridized carbons (Fsp3) is 0.250. The van der Waals surface area contributed by atoms with Gasteiger partial charge in [-0.3, -0.25) is 0 Å². The van der Waals surface area contributed by atoms with Crippen molar-refractivity contribution in [3.8, 4) is 11.5 Å². The SMILES string of the molecule is CCCc1cccc(Oc2ccc(SOOC)cc2)c1. The Bertz CT molecular complexity index is 526. The number of rotatable bonds is 7. The van der Waals surface area contributed by atoms with Gasteiger partial charge in [-0.1, -0.05) is 25.5 Å². The Labute approximate surface area is 124 Å². The first-order chi connectivity index (χ1) is 9.81. The largest absolute Gasteiger partial charge is 0.457 e. The highest BCUT2D eigenvalue weighted by Crippen LogP contribution is 2.26. The smallest absolute Gasteiger partial charge is 0.127 e. The third-order valence-electron chi connectivity index (χ3n) is 2.69. The van der Waals surface area contributed by atoms with E-state index < -0.39 is 0 Å². The Kier molecular flexibility index (Phi) is 5.92. The van der Waals surface area contributed by atoms with Crippen LogP contribution in [-0.2, 0) is 15.6 Å². The van der Waals surface area contributed by atoms with Gasteiger partial charge in [0.25, 0.3) is 0 Å². The van der Waals surface area contributed by atoms with E-state index in [0.29, 0.717) is 0 Å². The minimum atomic E-state index is 0.806. The molecule has 0 amide bonds. The van der Waals surface area contributed by atoms with E-state index in [0.717, 1.165) is 29.2 Å². The summed E-state index contributed by atoms with van der Waals surface area (Å²) in [5.74, 6) is 1.67. The minimum Gasteiger partial charge on any atom is -0.457 e. The lowest BCUT2D eigenvalue weighted by Gasteiger charge is -2.08. The molecule has 0 aliphatic carbocycles. The molecule has 0 bridgehead atoms. The van der Waals surface area contributed by atoms with Gasteiger partial charge >= 0.3 is 0 Å². The summed E-state index contributed by atoms with van der Waals surface area (Å²) in [6, 6.07) is 15.9. The number of hydrogen-bond acceptors (Lipinski definition) is 4. The van der Waals surface area contributed by atoms with Crippen molar-refractivity contribution in [1.29, 1.82) is 0 Å². The van der Waals surface area contributed by atoms with E-state index >= 15 is 0 Å². The van der Waals surface area contributed by atoms with Gasteiger partial charge in [-0.05, 0) is 48.4 Å². The summed E-state index contributed by atoms with van der Waals surface area (Å²) in [6.45, 7) is 2.17. The number of hydrogen-bond donors (Lipinski definition) is 0. The maximum absolute atomic E-state index is 5.84. The molecule has 4 heteroatoms. The van der Waals surface area contributed by atoms with Crippen LogP contribution in [0.4, 0.5) is 0 Å². The van der Waals surface area contributed by atoms with Crippen molar-refractivity contribution in [1.82, 2.24) is 0 Å². The van der Waals surface area contributed by atoms with Gasteiger partial charge < -0.3 is 4.74 Å². The fourth-order valence-electron chi connectivity index (χ4n) is 1.83. The molecule has 2 aromatic carbocycles. The second-order valence-corrected chi connectivity index (χ2v) is 5.06. The first-order valence-corrected chi connectivity index (χ1v) is 7.30. The highest BCUT2D eigenvalue weighted by Gasteiger charge is 2.00. The highest BCUT2D eigenvalue weighted by atomic mass is 32.2. The summed E-state index contributed by atoms with van der Waals surface area (Å²) in [5.41, 5.74) is 1.30. The maximum Gasteiger partial charge on any atom is 0.127 e. The zero-order chi connectivity index (χ0) is 14.2. The predicted molar refractivity (Wildman–Crippen MR) is 80.9 cm³/mol. The first-order valence-electron chi connectivity index (χ1n) is 6.56. The Morgan fingerprint density at radius 1 is 1.00 bits per heavy atom. The minimum absolute atomic E-state index is 0.806. The average Bonchev–Trinajstić information content (AvgIpc) is 2.47. The highest BCUT2D eigenvalue weighted by molar-refractivity contribution is 7.94. The summed E-state index contributed by atoms with van der Waals surface area (Å²) in [4.78, 5) is 5.50. The Morgan fingerprint density at radius 3 is 2.50 bits per heavy atom. The van der Waals surface area contributed by atoms with Gasteiger partial charge in [-0.25, -0.2) is 4.89 Å². The van der Waals surface area contributed by atoms with Gasteiger partial charge in [-0.15, -0.1) is 0 Å². The van der Waals surface area contributed by atoms with E-state index in [9.17, 15) is 0 Å². The van der Waals surface area contributed by atoms with Crippen LogP contribution in [0.5, 0.6) is 11.5 Å². The van der Waals surface area contributed by atoms with Gasteiger partial charge in [0, 0.05) is 4.90 Å². The van der Waals surface area contributed by atoms with Gasteiger partial charge in [-0.2, -0.15) is 4.33 Å². The molecule has 0 saturated heterocycles. The molecule has 3 nitrogen and oxygen atoms in total. The molecule has 20 heavy (non-hydrogen) atoms. The van der Waals surface area contributed by atoms with Crippen LogP contribution in [0, 0.1) is 0 Å². The van der Waals surface area contributed by atoms with Gasteiger partial charge in [0.05, 0.1) is 19.2 Å². The van der Waals surface area contributed by atoms with Crippen LogP contribution in [0.25, 0.3) is 0 Å². The van der Waals surface area contributed by atoms with Crippen molar-refractivity contribution in [2.45, 2.75) is 24.7 Å². The van der Waals surface area contributed by atoms with Crippen LogP contribution in [0.2, 0.25) is 0 Å². The van der Waals surface area contributed by atoms with Crippen LogP contribution in [0.3, 0.4) is 0 Å². The topological polar surface area (TPSA) is 27.7 Å². The standard InChI is InChI=1S/C16H18O3S/c1-3-5-13-6-4-7-15(12-13)18-14-8-10-16(11-9-14)20-19-17-2/h4,6-12H,3,5H2,1-2H3. The van der Waals surface area contributed by atoms with Crippen molar-refractivity contribution in [3.63, 3.8) is 0 Å². The van der Waals surface area contributed by atoms with E-state index in [4.69, 9.17) is 9.07 Å². The van der Waals surface area contributed by atoms with Crippen molar-refractivity contribution in [3.05, 3.63) is 54.1 Å². The molecular formula is C16H18O3S. The Balaban J connectivity index is 2.00. The van der Waals surface area contributed by atoms with Crippen LogP contribution in [0.15, 0.2) is 53.4 Å². The molecule has 0 heterocycles. The van der Waals surface area contributed by atoms with Crippen LogP contribution < -0.4 is 4.74 Å². The molecule has 2 rings (SSSR count). The predicted octanol–water partition coefficient (Wildman–Crippen LogP) is 5.02. The monoisotopic (exact) mass is 290 g/mol. The zero-order valence-corrected chi connectivity index (χ0v) is 12.5.